The van der Waals surface area contributed by atoms with Crippen molar-refractivity contribution in [2.24, 2.45) is 4.99 Å². The molecule has 0 bridgehead atoms. The van der Waals surface area contributed by atoms with Gasteiger partial charge in [-0.2, -0.15) is 0 Å². The molecule has 0 aliphatic rings. The number of methoxy groups -OCH3 is 2. The molecule has 150 valence electrons. The fraction of sp³-hybridized carbons (Fsp3) is 0.588. The summed E-state index contributed by atoms with van der Waals surface area (Å²) >= 11 is 0. The van der Waals surface area contributed by atoms with Gasteiger partial charge in [0.25, 0.3) is 0 Å². The van der Waals surface area contributed by atoms with Gasteiger partial charge < -0.3 is 20.1 Å². The molecule has 0 radical (unpaired) electrons. The Hall–Kier alpha value is -1.23. The van der Waals surface area contributed by atoms with Gasteiger partial charge >= 0.3 is 0 Å². The van der Waals surface area contributed by atoms with Gasteiger partial charge in [-0.05, 0) is 38.0 Å². The molecule has 0 saturated carbocycles. The van der Waals surface area contributed by atoms with E-state index in [2.05, 4.69) is 15.6 Å². The summed E-state index contributed by atoms with van der Waals surface area (Å²) in [7, 11) is 0.232. The first-order valence-electron chi connectivity index (χ1n) is 8.22. The van der Waals surface area contributed by atoms with E-state index in [1.54, 1.807) is 14.2 Å². The van der Waals surface area contributed by atoms with Gasteiger partial charge in [0, 0.05) is 18.8 Å². The number of benzene rings is 1. The molecular formula is C17H30IN3O4S. The van der Waals surface area contributed by atoms with E-state index in [0.29, 0.717) is 30.4 Å². The maximum atomic E-state index is 11.3. The predicted molar refractivity (Wildman–Crippen MR) is 117 cm³/mol. The first-order chi connectivity index (χ1) is 11.8. The Labute approximate surface area is 173 Å². The molecule has 0 aliphatic carbocycles. The van der Waals surface area contributed by atoms with Crippen molar-refractivity contribution in [3.8, 4) is 11.5 Å². The number of hydrogen-bond donors (Lipinski definition) is 2. The van der Waals surface area contributed by atoms with Crippen molar-refractivity contribution in [2.75, 3.05) is 32.8 Å². The van der Waals surface area contributed by atoms with Crippen LogP contribution in [0, 0.1) is 0 Å². The van der Waals surface area contributed by atoms with Crippen molar-refractivity contribution >= 4 is 39.8 Å². The molecule has 0 aliphatic heterocycles. The molecule has 0 heterocycles. The number of sulfone groups is 1. The Morgan fingerprint density at radius 3 is 2.42 bits per heavy atom. The molecule has 0 spiro atoms. The lowest BCUT2D eigenvalue weighted by Crippen LogP contribution is -2.42. The Morgan fingerprint density at radius 2 is 1.88 bits per heavy atom. The van der Waals surface area contributed by atoms with Crippen molar-refractivity contribution in [1.82, 2.24) is 10.6 Å². The van der Waals surface area contributed by atoms with E-state index in [-0.39, 0.29) is 35.8 Å². The van der Waals surface area contributed by atoms with Gasteiger partial charge in [-0.25, -0.2) is 13.4 Å². The number of aliphatic imine (C=N–C) groups is 1. The minimum Gasteiger partial charge on any atom is -0.493 e. The summed E-state index contributed by atoms with van der Waals surface area (Å²) in [5.41, 5.74) is 0.985. The summed E-state index contributed by atoms with van der Waals surface area (Å²) < 4.78 is 33.1. The molecule has 1 unspecified atom stereocenters. The molecule has 1 rings (SSSR count). The van der Waals surface area contributed by atoms with Crippen LogP contribution in [0.25, 0.3) is 0 Å². The lowest BCUT2D eigenvalue weighted by Gasteiger charge is -2.17. The van der Waals surface area contributed by atoms with Crippen LogP contribution in [0.1, 0.15) is 25.8 Å². The van der Waals surface area contributed by atoms with Crippen LogP contribution in [0.2, 0.25) is 0 Å². The standard InChI is InChI=1S/C17H29N3O4S.HI/c1-6-18-17(20-13(2)9-10-25(5,21)22)19-12-14-7-8-15(23-3)16(11-14)24-4;/h7-8,11,13H,6,9-10,12H2,1-5H3,(H2,18,19,20);1H. The van der Waals surface area contributed by atoms with Crippen LogP contribution in [0.15, 0.2) is 23.2 Å². The monoisotopic (exact) mass is 499 g/mol. The van der Waals surface area contributed by atoms with Gasteiger partial charge in [0.05, 0.1) is 26.5 Å². The van der Waals surface area contributed by atoms with Crippen LogP contribution < -0.4 is 20.1 Å². The number of halogens is 1. The van der Waals surface area contributed by atoms with Crippen LogP contribution in [-0.4, -0.2) is 53.2 Å². The number of rotatable bonds is 9. The summed E-state index contributed by atoms with van der Waals surface area (Å²) in [4.78, 5) is 4.55. The molecule has 2 N–H and O–H groups in total. The van der Waals surface area contributed by atoms with Crippen molar-refractivity contribution in [3.05, 3.63) is 23.8 Å². The molecule has 9 heteroatoms. The third-order valence-corrected chi connectivity index (χ3v) is 4.49. The number of nitrogens with one attached hydrogen (secondary N) is 2. The van der Waals surface area contributed by atoms with E-state index in [4.69, 9.17) is 9.47 Å². The van der Waals surface area contributed by atoms with Crippen LogP contribution in [0.3, 0.4) is 0 Å². The topological polar surface area (TPSA) is 89.0 Å². The number of ether oxygens (including phenoxy) is 2. The molecular weight excluding hydrogens is 469 g/mol. The van der Waals surface area contributed by atoms with Gasteiger partial charge in [-0.15, -0.1) is 24.0 Å². The molecule has 26 heavy (non-hydrogen) atoms. The Balaban J connectivity index is 0.00000625. The van der Waals surface area contributed by atoms with Gasteiger partial charge in [0.1, 0.15) is 9.84 Å². The summed E-state index contributed by atoms with van der Waals surface area (Å²) in [6, 6.07) is 5.66. The fourth-order valence-corrected chi connectivity index (χ4v) is 2.95. The van der Waals surface area contributed by atoms with E-state index in [1.165, 1.54) is 6.26 Å². The van der Waals surface area contributed by atoms with E-state index in [1.807, 2.05) is 32.0 Å². The third-order valence-electron chi connectivity index (χ3n) is 3.52. The molecule has 7 nitrogen and oxygen atoms in total. The SMILES string of the molecule is CCNC(=NCc1ccc(OC)c(OC)c1)NC(C)CCS(C)(=O)=O.I. The highest BCUT2D eigenvalue weighted by atomic mass is 127. The number of nitrogens with zero attached hydrogens (tertiary/aromatic N) is 1. The van der Waals surface area contributed by atoms with E-state index >= 15 is 0 Å². The van der Waals surface area contributed by atoms with Crippen LogP contribution in [-0.2, 0) is 16.4 Å². The molecule has 0 aromatic heterocycles. The van der Waals surface area contributed by atoms with Gasteiger partial charge in [0.2, 0.25) is 0 Å². The normalized spacial score (nSPS) is 12.7. The maximum Gasteiger partial charge on any atom is 0.191 e. The Bertz CT molecular complexity index is 681. The van der Waals surface area contributed by atoms with Crippen molar-refractivity contribution in [2.45, 2.75) is 32.9 Å². The van der Waals surface area contributed by atoms with Crippen molar-refractivity contribution in [3.63, 3.8) is 0 Å². The van der Waals surface area contributed by atoms with E-state index in [0.717, 1.165) is 12.1 Å². The zero-order chi connectivity index (χ0) is 18.9. The molecule has 0 saturated heterocycles. The van der Waals surface area contributed by atoms with Gasteiger partial charge in [-0.3, -0.25) is 0 Å². The average Bonchev–Trinajstić information content (AvgIpc) is 2.57. The van der Waals surface area contributed by atoms with Crippen LogP contribution in [0.5, 0.6) is 11.5 Å². The average molecular weight is 499 g/mol. The zero-order valence-electron chi connectivity index (χ0n) is 16.0. The number of guanidine groups is 1. The highest BCUT2D eigenvalue weighted by molar-refractivity contribution is 14.0. The summed E-state index contributed by atoms with van der Waals surface area (Å²) in [5, 5.41) is 6.40. The second kappa shape index (κ2) is 12.2. The molecule has 0 amide bonds. The minimum absolute atomic E-state index is 0. The second-order valence-corrected chi connectivity index (χ2v) is 8.11. The molecule has 0 fully saturated rings. The maximum absolute atomic E-state index is 11.3. The smallest absolute Gasteiger partial charge is 0.191 e. The van der Waals surface area contributed by atoms with Gasteiger partial charge in [0.15, 0.2) is 17.5 Å². The molecule has 1 atom stereocenters. The summed E-state index contributed by atoms with van der Waals surface area (Å²) in [6.45, 7) is 5.11. The predicted octanol–water partition coefficient (Wildman–Crippen LogP) is 2.20. The summed E-state index contributed by atoms with van der Waals surface area (Å²) in [6.07, 6.45) is 1.77. The number of hydrogen-bond acceptors (Lipinski definition) is 5. The largest absolute Gasteiger partial charge is 0.493 e. The van der Waals surface area contributed by atoms with Crippen molar-refractivity contribution in [1.29, 1.82) is 0 Å². The second-order valence-electron chi connectivity index (χ2n) is 5.85. The molecule has 1 aromatic rings. The first kappa shape index (κ1) is 24.8. The lowest BCUT2D eigenvalue weighted by molar-refractivity contribution is 0.354. The van der Waals surface area contributed by atoms with Gasteiger partial charge in [-0.1, -0.05) is 6.07 Å². The van der Waals surface area contributed by atoms with E-state index < -0.39 is 9.84 Å². The Kier molecular flexibility index (Phi) is 11.6. The zero-order valence-corrected chi connectivity index (χ0v) is 19.2. The van der Waals surface area contributed by atoms with Crippen LogP contribution in [0.4, 0.5) is 0 Å². The molecule has 1 aromatic carbocycles. The summed E-state index contributed by atoms with van der Waals surface area (Å²) in [5.74, 6) is 2.14. The van der Waals surface area contributed by atoms with Crippen molar-refractivity contribution < 1.29 is 17.9 Å². The minimum atomic E-state index is -2.96. The fourth-order valence-electron chi connectivity index (χ4n) is 2.17. The quantitative estimate of drug-likeness (QED) is 0.308. The van der Waals surface area contributed by atoms with Crippen LogP contribution >= 0.6 is 24.0 Å². The highest BCUT2D eigenvalue weighted by Crippen LogP contribution is 2.27. The lowest BCUT2D eigenvalue weighted by atomic mass is 10.2. The third kappa shape index (κ3) is 9.46. The Morgan fingerprint density at radius 1 is 1.23 bits per heavy atom. The first-order valence-corrected chi connectivity index (χ1v) is 10.3. The highest BCUT2D eigenvalue weighted by Gasteiger charge is 2.10. The van der Waals surface area contributed by atoms with E-state index in [9.17, 15) is 8.42 Å².